The zero-order valence-corrected chi connectivity index (χ0v) is 21.3. The first-order valence-corrected chi connectivity index (χ1v) is 13.5. The van der Waals surface area contributed by atoms with E-state index in [2.05, 4.69) is 12.2 Å². The molecule has 0 aliphatic carbocycles. The van der Waals surface area contributed by atoms with E-state index in [1.54, 1.807) is 0 Å². The van der Waals surface area contributed by atoms with Gasteiger partial charge in [0.1, 0.15) is 13.2 Å². The Morgan fingerprint density at radius 3 is 1.87 bits per heavy atom. The van der Waals surface area contributed by atoms with Crippen LogP contribution in [0.1, 0.15) is 84.0 Å². The third-order valence-electron chi connectivity index (χ3n) is 4.84. The number of carbonyl (C=O) groups is 1. The van der Waals surface area contributed by atoms with Gasteiger partial charge in [0.2, 0.25) is 0 Å². The number of quaternary nitrogens is 1. The van der Waals surface area contributed by atoms with Gasteiger partial charge in [0.25, 0.3) is 0 Å². The summed E-state index contributed by atoms with van der Waals surface area (Å²) in [5.41, 5.74) is 0. The van der Waals surface area contributed by atoms with Crippen LogP contribution in [-0.2, 0) is 18.3 Å². The van der Waals surface area contributed by atoms with Crippen molar-refractivity contribution in [2.45, 2.75) is 84.0 Å². The summed E-state index contributed by atoms with van der Waals surface area (Å²) < 4.78 is 27.2. The monoisotopic (exact) mass is 467 g/mol. The van der Waals surface area contributed by atoms with Crippen LogP contribution in [0.2, 0.25) is 0 Å². The molecule has 8 nitrogen and oxygen atoms in total. The fourth-order valence-electron chi connectivity index (χ4n) is 2.90. The van der Waals surface area contributed by atoms with Gasteiger partial charge in [0.15, 0.2) is 0 Å². The second-order valence-corrected chi connectivity index (χ2v) is 10.6. The molecule has 9 heteroatoms. The zero-order chi connectivity index (χ0) is 23.4. The van der Waals surface area contributed by atoms with Crippen molar-refractivity contribution >= 4 is 13.9 Å². The highest BCUT2D eigenvalue weighted by atomic mass is 31.2. The van der Waals surface area contributed by atoms with Crippen molar-refractivity contribution in [3.8, 4) is 0 Å². The normalized spacial score (nSPS) is 13.7. The van der Waals surface area contributed by atoms with Crippen LogP contribution < -0.4 is 5.32 Å². The maximum atomic E-state index is 11.7. The van der Waals surface area contributed by atoms with Gasteiger partial charge < -0.3 is 19.4 Å². The molecule has 2 N–H and O–H groups in total. The Kier molecular flexibility index (Phi) is 18.5. The lowest BCUT2D eigenvalue weighted by Crippen LogP contribution is -2.37. The summed E-state index contributed by atoms with van der Waals surface area (Å²) in [6, 6.07) is 0. The number of hydrogen-bond acceptors (Lipinski definition) is 5. The van der Waals surface area contributed by atoms with Crippen molar-refractivity contribution in [3.05, 3.63) is 0 Å². The van der Waals surface area contributed by atoms with Crippen LogP contribution in [0.3, 0.4) is 0 Å². The van der Waals surface area contributed by atoms with Crippen molar-refractivity contribution in [1.29, 1.82) is 0 Å². The lowest BCUT2D eigenvalue weighted by atomic mass is 10.1. The molecule has 0 radical (unpaired) electrons. The maximum absolute atomic E-state index is 11.7. The van der Waals surface area contributed by atoms with E-state index in [-0.39, 0.29) is 19.8 Å². The van der Waals surface area contributed by atoms with Crippen LogP contribution in [0.15, 0.2) is 0 Å². The fraction of sp³-hybridized carbons (Fsp3) is 0.955. The van der Waals surface area contributed by atoms with E-state index in [1.807, 2.05) is 21.1 Å². The Labute approximate surface area is 190 Å². The topological polar surface area (TPSA) is 94.1 Å². The second kappa shape index (κ2) is 18.9. The van der Waals surface area contributed by atoms with Crippen molar-refractivity contribution < 1.29 is 32.5 Å². The molecule has 0 fully saturated rings. The number of rotatable bonds is 21. The summed E-state index contributed by atoms with van der Waals surface area (Å²) in [6.07, 6.45) is 13.8. The smallest absolute Gasteiger partial charge is 0.449 e. The van der Waals surface area contributed by atoms with Gasteiger partial charge in [-0.3, -0.25) is 9.05 Å². The standard InChI is InChI=1S/C22H47N2O6P/c1-5-6-7-8-9-10-11-12-13-14-15-17-23-22(25)28-19-16-20-29-31(26,27)30-21-18-24(2,3)4/h5-21H2,1-4H3,(H-,23,25,26,27)/p+1. The van der Waals surface area contributed by atoms with Crippen LogP contribution in [0.4, 0.5) is 4.79 Å². The number of likely N-dealkylation sites (N-methyl/N-ethyl adjacent to an activating group) is 1. The van der Waals surface area contributed by atoms with E-state index in [4.69, 9.17) is 13.8 Å². The zero-order valence-electron chi connectivity index (χ0n) is 20.4. The number of alkyl carbamates (subject to hydrolysis) is 1. The number of nitrogens with zero attached hydrogens (tertiary/aromatic N) is 1. The molecule has 186 valence electrons. The molecule has 1 amide bonds. The number of nitrogens with one attached hydrogen (secondary N) is 1. The number of phosphoric acid groups is 1. The van der Waals surface area contributed by atoms with Gasteiger partial charge in [-0.1, -0.05) is 71.1 Å². The SMILES string of the molecule is CCCCCCCCCCCCCNC(=O)OCCCOP(=O)(O)OCC[N+](C)(C)C. The molecule has 1 atom stereocenters. The maximum Gasteiger partial charge on any atom is 0.472 e. The van der Waals surface area contributed by atoms with E-state index in [1.165, 1.54) is 57.8 Å². The molecular formula is C22H48N2O6P+. The van der Waals surface area contributed by atoms with Crippen LogP contribution in [0.5, 0.6) is 0 Å². The largest absolute Gasteiger partial charge is 0.472 e. The lowest BCUT2D eigenvalue weighted by molar-refractivity contribution is -0.870. The summed E-state index contributed by atoms with van der Waals surface area (Å²) in [6.45, 7) is 3.70. The average Bonchev–Trinajstić information content (AvgIpc) is 2.67. The predicted octanol–water partition coefficient (Wildman–Crippen LogP) is 5.25. The number of unbranched alkanes of at least 4 members (excludes halogenated alkanes) is 10. The number of amides is 1. The van der Waals surface area contributed by atoms with Crippen LogP contribution in [0, 0.1) is 0 Å². The minimum absolute atomic E-state index is 0.00988. The Balaban J connectivity index is 3.44. The Morgan fingerprint density at radius 1 is 0.806 bits per heavy atom. The highest BCUT2D eigenvalue weighted by Gasteiger charge is 2.22. The number of hydrogen-bond donors (Lipinski definition) is 2. The molecule has 0 aliphatic rings. The van der Waals surface area contributed by atoms with E-state index in [0.717, 1.165) is 12.8 Å². The number of ether oxygens (including phenoxy) is 1. The fourth-order valence-corrected chi connectivity index (χ4v) is 3.65. The van der Waals surface area contributed by atoms with Crippen molar-refractivity contribution in [2.75, 3.05) is 54.1 Å². The van der Waals surface area contributed by atoms with Gasteiger partial charge >= 0.3 is 13.9 Å². The molecule has 0 saturated carbocycles. The number of phosphoric ester groups is 1. The van der Waals surface area contributed by atoms with Crippen molar-refractivity contribution in [3.63, 3.8) is 0 Å². The summed E-state index contributed by atoms with van der Waals surface area (Å²) in [4.78, 5) is 21.2. The minimum atomic E-state index is -4.05. The third-order valence-corrected chi connectivity index (χ3v) is 5.86. The molecule has 0 aromatic rings. The summed E-state index contributed by atoms with van der Waals surface area (Å²) in [5, 5.41) is 2.73. The molecule has 31 heavy (non-hydrogen) atoms. The van der Waals surface area contributed by atoms with Gasteiger partial charge in [-0.25, -0.2) is 9.36 Å². The van der Waals surface area contributed by atoms with Gasteiger partial charge in [-0.05, 0) is 6.42 Å². The van der Waals surface area contributed by atoms with Gasteiger partial charge in [-0.15, -0.1) is 0 Å². The molecule has 1 unspecified atom stereocenters. The number of carbonyl (C=O) groups excluding carboxylic acids is 1. The first kappa shape index (κ1) is 30.3. The molecule has 0 heterocycles. The van der Waals surface area contributed by atoms with Crippen LogP contribution in [-0.4, -0.2) is 69.5 Å². The Hall–Kier alpha value is -0.660. The third kappa shape index (κ3) is 23.8. The first-order valence-electron chi connectivity index (χ1n) is 12.0. The molecule has 0 bridgehead atoms. The molecule has 0 saturated heterocycles. The quantitative estimate of drug-likeness (QED) is 0.136. The molecule has 0 aromatic carbocycles. The molecule has 0 spiro atoms. The average molecular weight is 468 g/mol. The Morgan fingerprint density at radius 2 is 1.32 bits per heavy atom. The molecule has 0 aliphatic heterocycles. The minimum Gasteiger partial charge on any atom is -0.449 e. The second-order valence-electron chi connectivity index (χ2n) is 9.10. The molecule has 0 aromatic heterocycles. The predicted molar refractivity (Wildman–Crippen MR) is 125 cm³/mol. The van der Waals surface area contributed by atoms with E-state index in [0.29, 0.717) is 24.0 Å². The Bertz CT molecular complexity index is 485. The highest BCUT2D eigenvalue weighted by Crippen LogP contribution is 2.43. The van der Waals surface area contributed by atoms with E-state index >= 15 is 0 Å². The van der Waals surface area contributed by atoms with Gasteiger partial charge in [0, 0.05) is 13.0 Å². The lowest BCUT2D eigenvalue weighted by Gasteiger charge is -2.24. The van der Waals surface area contributed by atoms with Gasteiger partial charge in [-0.2, -0.15) is 0 Å². The van der Waals surface area contributed by atoms with Crippen LogP contribution in [0.25, 0.3) is 0 Å². The van der Waals surface area contributed by atoms with Crippen molar-refractivity contribution in [2.24, 2.45) is 0 Å². The van der Waals surface area contributed by atoms with Crippen molar-refractivity contribution in [1.82, 2.24) is 5.32 Å². The van der Waals surface area contributed by atoms with E-state index in [9.17, 15) is 14.3 Å². The first-order chi connectivity index (χ1) is 14.7. The van der Waals surface area contributed by atoms with Gasteiger partial charge in [0.05, 0.1) is 34.4 Å². The summed E-state index contributed by atoms with van der Waals surface area (Å²) >= 11 is 0. The summed E-state index contributed by atoms with van der Waals surface area (Å²) in [5.74, 6) is 0. The summed E-state index contributed by atoms with van der Waals surface area (Å²) in [7, 11) is 1.84. The molecular weight excluding hydrogens is 419 g/mol. The molecule has 0 rings (SSSR count). The van der Waals surface area contributed by atoms with E-state index < -0.39 is 13.9 Å². The van der Waals surface area contributed by atoms with Crippen LogP contribution >= 0.6 is 7.82 Å². The highest BCUT2D eigenvalue weighted by molar-refractivity contribution is 7.47.